The maximum atomic E-state index is 14.6. The molecule has 19 N–H and O–H groups in total. The number of phenols is 1. The number of carboxylic acid groups (broad SMARTS) is 1. The molecule has 0 aliphatic rings. The molecule has 0 fully saturated rings. The molecule has 5 rings (SSSR count). The number of aliphatic carboxylic acids is 1. The molecule has 10 amide bonds. The van der Waals surface area contributed by atoms with Crippen molar-refractivity contribution in [2.24, 2.45) is 17.2 Å². The number of hydrogen-bond acceptors (Lipinski definition) is 18. The molecule has 2 heterocycles. The molecule has 5 aromatic rings. The zero-order valence-electron chi connectivity index (χ0n) is 49.6. The molecule has 29 nitrogen and oxygen atoms in total. The SMILES string of the molecule is C[C@@H](O)[C@H](NC(=O)[C@H](CCCCN)NC(=O)[C@@H](Cc1c[nH]c2ccccc12)NC(=O)[C@@H](N)Cc1ccc(O)cc1)C(=O)N(C)[C@@H](Cc1ccccc1)C(=O)N[C@@H](CCSCC(=O)NCC(=O)NCC(=O)N[C@@H](CS)C(=O)N[C@@H](Cc1cnc[nH]1)C(N)=O)C(=O)O. The van der Waals surface area contributed by atoms with Crippen molar-refractivity contribution in [3.8, 4) is 5.75 Å². The first-order chi connectivity index (χ1) is 43.0. The van der Waals surface area contributed by atoms with Crippen molar-refractivity contribution < 1.29 is 68.1 Å². The van der Waals surface area contributed by atoms with Crippen LogP contribution in [0.1, 0.15) is 55.0 Å². The average molecular weight is 1290 g/mol. The summed E-state index contributed by atoms with van der Waals surface area (Å²) in [4.78, 5) is 157. The van der Waals surface area contributed by atoms with E-state index in [1.54, 1.807) is 48.7 Å². The fourth-order valence-electron chi connectivity index (χ4n) is 9.19. The number of hydrogen-bond donors (Lipinski definition) is 17. The van der Waals surface area contributed by atoms with Gasteiger partial charge in [0.15, 0.2) is 0 Å². The second-order valence-electron chi connectivity index (χ2n) is 21.2. The largest absolute Gasteiger partial charge is 0.508 e. The van der Waals surface area contributed by atoms with Gasteiger partial charge >= 0.3 is 5.97 Å². The Hall–Kier alpha value is -9.04. The Morgan fingerprint density at radius 2 is 1.29 bits per heavy atom. The van der Waals surface area contributed by atoms with Crippen molar-refractivity contribution in [1.29, 1.82) is 0 Å². The number of para-hydroxylation sites is 1. The van der Waals surface area contributed by atoms with Crippen LogP contribution in [0.5, 0.6) is 5.75 Å². The summed E-state index contributed by atoms with van der Waals surface area (Å²) >= 11 is 5.07. The number of aromatic hydroxyl groups is 1. The second-order valence-corrected chi connectivity index (χ2v) is 22.6. The first-order valence-electron chi connectivity index (χ1n) is 28.8. The number of thiol groups is 1. The Kier molecular flexibility index (Phi) is 29.0. The summed E-state index contributed by atoms with van der Waals surface area (Å²) in [7, 11) is 1.25. The van der Waals surface area contributed by atoms with Crippen LogP contribution >= 0.6 is 24.4 Å². The number of nitrogens with one attached hydrogen (secondary N) is 10. The number of thioether (sulfide) groups is 1. The van der Waals surface area contributed by atoms with Gasteiger partial charge in [-0.3, -0.25) is 47.9 Å². The molecule has 0 spiro atoms. The number of aliphatic hydroxyl groups is 1. The van der Waals surface area contributed by atoms with Crippen LogP contribution in [0.15, 0.2) is 97.6 Å². The molecule has 0 saturated carbocycles. The number of phenolic OH excluding ortho intramolecular Hbond substituents is 1. The molecule has 0 aliphatic carbocycles. The molecule has 90 heavy (non-hydrogen) atoms. The second kappa shape index (κ2) is 36.4. The number of imidazole rings is 1. The van der Waals surface area contributed by atoms with Crippen LogP contribution in [0.4, 0.5) is 0 Å². The summed E-state index contributed by atoms with van der Waals surface area (Å²) < 4.78 is 0. The quantitative estimate of drug-likeness (QED) is 0.0141. The van der Waals surface area contributed by atoms with Crippen LogP contribution in [0, 0.1) is 0 Å². The molecular formula is C59H79N15O14S2. The Balaban J connectivity index is 1.19. The number of fused-ring (bicyclic) bond motifs is 1. The molecule has 0 bridgehead atoms. The van der Waals surface area contributed by atoms with E-state index < -0.39 is 133 Å². The van der Waals surface area contributed by atoms with Gasteiger partial charge in [0, 0.05) is 61.1 Å². The van der Waals surface area contributed by atoms with Crippen LogP contribution in [-0.4, -0.2) is 199 Å². The Labute approximate surface area is 528 Å². The zero-order chi connectivity index (χ0) is 65.9. The number of carboxylic acids is 1. The number of unbranched alkanes of at least 4 members (excludes halogenated alkanes) is 1. The van der Waals surface area contributed by atoms with Crippen molar-refractivity contribution in [3.05, 3.63) is 120 Å². The van der Waals surface area contributed by atoms with Crippen molar-refractivity contribution in [1.82, 2.24) is 62.4 Å². The first kappa shape index (κ1) is 71.7. The highest BCUT2D eigenvalue weighted by molar-refractivity contribution is 7.99. The molecule has 486 valence electrons. The maximum absolute atomic E-state index is 14.6. The molecule has 0 radical (unpaired) electrons. The number of benzene rings is 3. The van der Waals surface area contributed by atoms with Gasteiger partial charge in [0.1, 0.15) is 48.0 Å². The number of nitrogens with two attached hydrogens (primary N) is 3. The molecule has 0 aliphatic heterocycles. The number of H-pyrrole nitrogens is 2. The van der Waals surface area contributed by atoms with Crippen LogP contribution in [0.3, 0.4) is 0 Å². The van der Waals surface area contributed by atoms with E-state index in [2.05, 4.69) is 70.1 Å². The number of amides is 10. The van der Waals surface area contributed by atoms with Gasteiger partial charge in [-0.1, -0.05) is 60.7 Å². The summed E-state index contributed by atoms with van der Waals surface area (Å²) in [6.45, 7) is 0.323. The van der Waals surface area contributed by atoms with E-state index in [1.807, 2.05) is 24.3 Å². The van der Waals surface area contributed by atoms with E-state index in [4.69, 9.17) is 17.2 Å². The van der Waals surface area contributed by atoms with Crippen molar-refractivity contribution in [2.45, 2.75) is 113 Å². The van der Waals surface area contributed by atoms with Crippen molar-refractivity contribution in [3.63, 3.8) is 0 Å². The predicted octanol–water partition coefficient (Wildman–Crippen LogP) is -2.70. The summed E-state index contributed by atoms with van der Waals surface area (Å²) in [5, 5.41) is 51.9. The molecule has 9 atom stereocenters. The van der Waals surface area contributed by atoms with E-state index in [1.165, 1.54) is 38.6 Å². The number of primary amides is 1. The topological polar surface area (TPSA) is 470 Å². The van der Waals surface area contributed by atoms with E-state index in [0.29, 0.717) is 35.2 Å². The number of aromatic amines is 2. The number of likely N-dealkylation sites (N-methyl/N-ethyl adjacent to an activating group) is 1. The Morgan fingerprint density at radius 3 is 1.94 bits per heavy atom. The van der Waals surface area contributed by atoms with E-state index >= 15 is 0 Å². The van der Waals surface area contributed by atoms with E-state index in [9.17, 15) is 68.1 Å². The standard InChI is InChI=1S/C59H79N15O14S2/c1-33(75)51(73-54(82)42(14-8-9-20-60)69-55(83)45(24-36-26-64-41-13-7-6-12-39(36)41)72-53(81)40(61)22-35-15-17-38(76)18-16-35)58(86)74(2)47(23-34-10-4-3-5-11-34)57(85)70-43(59(87)88)19-21-90-31-50(79)66-28-48(77)65-29-49(78)68-46(30-89)56(84)71-44(52(62)80)25-37-27-63-32-67-37/h3-7,10-13,15-18,26-27,32-33,40,42-47,51,64,75-76,89H,8-9,14,19-25,28-31,60-61H2,1-2H3,(H2,62,80)(H,63,67)(H,65,77)(H,66,79)(H,68,78)(H,69,83)(H,70,85)(H,71,84)(H,72,81)(H,73,82)(H,87,88)/t33-,40+,42+,43+,44+,45-,46+,47+,51+/m1/s1. The average Bonchev–Trinajstić information content (AvgIpc) is 1.68. The minimum absolute atomic E-state index is 0.00133. The fraction of sp³-hybridized carbons (Fsp3) is 0.424. The van der Waals surface area contributed by atoms with Gasteiger partial charge in [-0.15, -0.1) is 0 Å². The van der Waals surface area contributed by atoms with Gasteiger partial charge in [0.2, 0.25) is 59.1 Å². The van der Waals surface area contributed by atoms with Crippen LogP contribution in [0.25, 0.3) is 10.9 Å². The first-order valence-corrected chi connectivity index (χ1v) is 30.6. The summed E-state index contributed by atoms with van der Waals surface area (Å²) in [6, 6.07) is 11.0. The highest BCUT2D eigenvalue weighted by atomic mass is 32.2. The van der Waals surface area contributed by atoms with Gasteiger partial charge in [0.05, 0.1) is 37.3 Å². The normalized spacial score (nSPS) is 14.1. The van der Waals surface area contributed by atoms with Crippen molar-refractivity contribution in [2.75, 3.05) is 43.9 Å². The Bertz CT molecular complexity index is 3230. The maximum Gasteiger partial charge on any atom is 0.326 e. The van der Waals surface area contributed by atoms with Gasteiger partial charge in [-0.05, 0) is 86.2 Å². The Morgan fingerprint density at radius 1 is 0.667 bits per heavy atom. The summed E-state index contributed by atoms with van der Waals surface area (Å²) in [6.07, 6.45) is 3.31. The smallest absolute Gasteiger partial charge is 0.326 e. The highest BCUT2D eigenvalue weighted by Crippen LogP contribution is 2.21. The van der Waals surface area contributed by atoms with E-state index in [-0.39, 0.29) is 68.1 Å². The number of nitrogens with zero attached hydrogens (tertiary/aromatic N) is 2. The molecule has 0 unspecified atom stereocenters. The molecule has 31 heteroatoms. The molecule has 2 aromatic heterocycles. The van der Waals surface area contributed by atoms with Gasteiger partial charge in [-0.2, -0.15) is 24.4 Å². The van der Waals surface area contributed by atoms with Crippen LogP contribution in [-0.2, 0) is 78.4 Å². The third-order valence-electron chi connectivity index (χ3n) is 14.2. The monoisotopic (exact) mass is 1290 g/mol. The van der Waals surface area contributed by atoms with Crippen molar-refractivity contribution >= 4 is 100 Å². The number of rotatable bonds is 38. The minimum atomic E-state index is -1.73. The number of carbonyl (C=O) groups is 11. The highest BCUT2D eigenvalue weighted by Gasteiger charge is 2.38. The lowest BCUT2D eigenvalue weighted by molar-refractivity contribution is -0.146. The lowest BCUT2D eigenvalue weighted by Gasteiger charge is -2.33. The summed E-state index contributed by atoms with van der Waals surface area (Å²) in [5.74, 6) is -9.87. The molecule has 3 aromatic carbocycles. The third kappa shape index (κ3) is 23.2. The summed E-state index contributed by atoms with van der Waals surface area (Å²) in [5.41, 5.74) is 20.7. The third-order valence-corrected chi connectivity index (χ3v) is 15.6. The lowest BCUT2D eigenvalue weighted by Crippen LogP contribution is -2.62. The fourth-order valence-corrected chi connectivity index (χ4v) is 10.3. The number of aliphatic hydroxyl groups excluding tert-OH is 1. The van der Waals surface area contributed by atoms with E-state index in [0.717, 1.165) is 27.6 Å². The van der Waals surface area contributed by atoms with Crippen LogP contribution in [0.2, 0.25) is 0 Å². The lowest BCUT2D eigenvalue weighted by atomic mass is 10.0. The van der Waals surface area contributed by atoms with Crippen LogP contribution < -0.4 is 59.7 Å². The van der Waals surface area contributed by atoms with Gasteiger partial charge < -0.3 is 89.9 Å². The zero-order valence-corrected chi connectivity index (χ0v) is 51.4. The number of aromatic nitrogens is 3. The number of carbonyl (C=O) groups excluding carboxylic acids is 10. The molecular weight excluding hydrogens is 1210 g/mol. The van der Waals surface area contributed by atoms with Gasteiger partial charge in [-0.25, -0.2) is 9.78 Å². The predicted molar refractivity (Wildman–Crippen MR) is 336 cm³/mol. The minimum Gasteiger partial charge on any atom is -0.508 e. The van der Waals surface area contributed by atoms with Gasteiger partial charge in [0.25, 0.3) is 0 Å². The molecule has 0 saturated heterocycles.